The maximum absolute atomic E-state index is 10.3. The molecule has 0 aromatic heterocycles. The van der Waals surface area contributed by atoms with E-state index in [9.17, 15) is 5.11 Å². The van der Waals surface area contributed by atoms with Crippen molar-refractivity contribution in [2.45, 2.75) is 56.7 Å². The Morgan fingerprint density at radius 3 is 2.14 bits per heavy atom. The monoisotopic (exact) mass is 395 g/mol. The summed E-state index contributed by atoms with van der Waals surface area (Å²) >= 11 is 0. The van der Waals surface area contributed by atoms with E-state index in [0.29, 0.717) is 6.61 Å². The summed E-state index contributed by atoms with van der Waals surface area (Å²) in [5.74, 6) is 0. The largest absolute Gasteiger partial charge is 0.406 e. The quantitative estimate of drug-likeness (QED) is 0.790. The average molecular weight is 396 g/mol. The minimum absolute atomic E-state index is 0.00643. The zero-order valence-electron chi connectivity index (χ0n) is 17.4. The summed E-state index contributed by atoms with van der Waals surface area (Å²) in [5, 5.41) is 13.0. The molecule has 0 saturated carbocycles. The van der Waals surface area contributed by atoms with Crippen molar-refractivity contribution in [3.8, 4) is 0 Å². The molecular weight excluding hydrogens is 362 g/mol. The predicted molar refractivity (Wildman–Crippen MR) is 118 cm³/mol. The number of hydrogen-bond acceptors (Lipinski definition) is 3. The minimum atomic E-state index is -2.51. The Hall–Kier alpha value is -1.46. The number of fused-ring (bicyclic) bond motifs is 1. The summed E-state index contributed by atoms with van der Waals surface area (Å²) in [5.41, 5.74) is 0.00643. The smallest absolute Gasteiger partial charge is 0.261 e. The molecule has 0 aliphatic carbocycles. The number of nitrogens with zero attached hydrogens (tertiary/aromatic N) is 1. The van der Waals surface area contributed by atoms with Crippen molar-refractivity contribution >= 4 is 18.7 Å². The highest BCUT2D eigenvalue weighted by Gasteiger charge is 2.54. The second-order valence-corrected chi connectivity index (χ2v) is 13.9. The lowest BCUT2D eigenvalue weighted by atomic mass is 9.95. The first-order chi connectivity index (χ1) is 13.4. The Morgan fingerprint density at radius 1 is 1.04 bits per heavy atom. The summed E-state index contributed by atoms with van der Waals surface area (Å²) in [6.07, 6.45) is 2.95. The van der Waals surface area contributed by atoms with E-state index in [1.165, 1.54) is 16.8 Å². The third-order valence-electron chi connectivity index (χ3n) is 6.76. The lowest BCUT2D eigenvalue weighted by Gasteiger charge is -2.45. The molecule has 2 aliphatic rings. The Morgan fingerprint density at radius 2 is 1.61 bits per heavy atom. The van der Waals surface area contributed by atoms with Gasteiger partial charge in [-0.1, -0.05) is 81.4 Å². The van der Waals surface area contributed by atoms with E-state index in [2.05, 4.69) is 86.3 Å². The summed E-state index contributed by atoms with van der Waals surface area (Å²) in [6, 6.07) is 21.7. The Balaban J connectivity index is 1.77. The second kappa shape index (κ2) is 7.41. The number of hydrogen-bond donors (Lipinski definition) is 1. The van der Waals surface area contributed by atoms with Crippen molar-refractivity contribution in [3.63, 3.8) is 0 Å². The van der Waals surface area contributed by atoms with E-state index in [-0.39, 0.29) is 16.7 Å². The molecule has 2 aliphatic heterocycles. The van der Waals surface area contributed by atoms with E-state index in [0.717, 1.165) is 25.9 Å². The third kappa shape index (κ3) is 3.26. The van der Waals surface area contributed by atoms with Gasteiger partial charge in [-0.25, -0.2) is 0 Å². The van der Waals surface area contributed by atoms with E-state index in [1.807, 2.05) is 0 Å². The molecule has 150 valence electrons. The highest BCUT2D eigenvalue weighted by Crippen LogP contribution is 2.42. The van der Waals surface area contributed by atoms with Crippen LogP contribution < -0.4 is 10.4 Å². The molecule has 0 spiro atoms. The fourth-order valence-corrected chi connectivity index (χ4v) is 10.1. The molecule has 0 bridgehead atoms. The first-order valence-electron chi connectivity index (χ1n) is 10.6. The Kier molecular flexibility index (Phi) is 5.25. The van der Waals surface area contributed by atoms with Crippen LogP contribution in [0.25, 0.3) is 0 Å². The third-order valence-corrected chi connectivity index (χ3v) is 11.7. The number of benzene rings is 2. The normalized spacial score (nSPS) is 25.8. The zero-order valence-corrected chi connectivity index (χ0v) is 18.4. The summed E-state index contributed by atoms with van der Waals surface area (Å²) in [4.78, 5) is 2.48. The molecular formula is C24H33NO2Si. The molecule has 2 aromatic carbocycles. The highest BCUT2D eigenvalue weighted by atomic mass is 28.4. The molecule has 2 aromatic rings. The first-order valence-corrected chi connectivity index (χ1v) is 12.5. The van der Waals surface area contributed by atoms with Gasteiger partial charge in [-0.2, -0.15) is 0 Å². The van der Waals surface area contributed by atoms with Gasteiger partial charge in [0.1, 0.15) is 0 Å². The van der Waals surface area contributed by atoms with Crippen LogP contribution in [0.5, 0.6) is 0 Å². The first kappa shape index (κ1) is 19.8. The van der Waals surface area contributed by atoms with E-state index in [1.54, 1.807) is 0 Å². The summed E-state index contributed by atoms with van der Waals surface area (Å²) in [7, 11) is -2.51. The number of β-amino-alcohol motifs (C(OH)–C–C–N with tert-alkyl or cyclic N) is 1. The van der Waals surface area contributed by atoms with Crippen molar-refractivity contribution in [2.24, 2.45) is 0 Å². The van der Waals surface area contributed by atoms with E-state index < -0.39 is 8.32 Å². The van der Waals surface area contributed by atoms with Crippen LogP contribution in [0, 0.1) is 0 Å². The molecule has 2 atom stereocenters. The summed E-state index contributed by atoms with van der Waals surface area (Å²) < 4.78 is 7.19. The van der Waals surface area contributed by atoms with Gasteiger partial charge in [-0.3, -0.25) is 4.90 Å². The Bertz CT molecular complexity index is 750. The topological polar surface area (TPSA) is 32.7 Å². The highest BCUT2D eigenvalue weighted by molar-refractivity contribution is 6.99. The maximum atomic E-state index is 10.3. The fourth-order valence-electron chi connectivity index (χ4n) is 5.49. The van der Waals surface area contributed by atoms with E-state index >= 15 is 0 Å². The van der Waals surface area contributed by atoms with Crippen LogP contribution in [0.2, 0.25) is 5.04 Å². The zero-order chi connectivity index (χ0) is 19.8. The van der Waals surface area contributed by atoms with Crippen molar-refractivity contribution in [3.05, 3.63) is 60.7 Å². The van der Waals surface area contributed by atoms with Gasteiger partial charge in [0, 0.05) is 12.1 Å². The lowest BCUT2D eigenvalue weighted by molar-refractivity contribution is 0.107. The van der Waals surface area contributed by atoms with Crippen LogP contribution in [-0.2, 0) is 4.43 Å². The molecule has 2 saturated heterocycles. The molecule has 0 unspecified atom stereocenters. The van der Waals surface area contributed by atoms with Gasteiger partial charge in [0.2, 0.25) is 0 Å². The van der Waals surface area contributed by atoms with Gasteiger partial charge in [0.05, 0.1) is 12.7 Å². The SMILES string of the molecule is CC(C)(C)[Si](OC[C@]12CCCN1C[C@H](O)C2)(c1ccccc1)c1ccccc1. The van der Waals surface area contributed by atoms with Gasteiger partial charge >= 0.3 is 0 Å². The number of rotatable bonds is 5. The minimum Gasteiger partial charge on any atom is -0.406 e. The van der Waals surface area contributed by atoms with E-state index in [4.69, 9.17) is 4.43 Å². The lowest BCUT2D eigenvalue weighted by Crippen LogP contribution is -2.68. The Labute approximate surface area is 170 Å². The standard InChI is InChI=1S/C24H33NO2Si/c1-23(2,3)28(21-11-6-4-7-12-21,22-13-8-5-9-14-22)27-19-24-15-10-16-25(24)18-20(26)17-24/h4-9,11-14,20,26H,10,15-19H2,1-3H3/t20-,24-/m1/s1. The molecule has 3 nitrogen and oxygen atoms in total. The molecule has 2 fully saturated rings. The molecule has 0 radical (unpaired) electrons. The van der Waals surface area contributed by atoms with Gasteiger partial charge in [-0.05, 0) is 41.2 Å². The van der Waals surface area contributed by atoms with Crippen molar-refractivity contribution in [1.29, 1.82) is 0 Å². The van der Waals surface area contributed by atoms with Crippen molar-refractivity contribution < 1.29 is 9.53 Å². The van der Waals surface area contributed by atoms with Crippen LogP contribution >= 0.6 is 0 Å². The van der Waals surface area contributed by atoms with Gasteiger partial charge in [0.25, 0.3) is 8.32 Å². The predicted octanol–water partition coefficient (Wildman–Crippen LogP) is 3.16. The number of aliphatic hydroxyl groups is 1. The van der Waals surface area contributed by atoms with Crippen LogP contribution in [0.15, 0.2) is 60.7 Å². The van der Waals surface area contributed by atoms with Crippen LogP contribution in [0.1, 0.15) is 40.0 Å². The maximum Gasteiger partial charge on any atom is 0.261 e. The van der Waals surface area contributed by atoms with Gasteiger partial charge in [0.15, 0.2) is 0 Å². The van der Waals surface area contributed by atoms with Gasteiger partial charge < -0.3 is 9.53 Å². The molecule has 4 rings (SSSR count). The number of aliphatic hydroxyl groups excluding tert-OH is 1. The molecule has 2 heterocycles. The average Bonchev–Trinajstić information content (AvgIpc) is 3.18. The van der Waals surface area contributed by atoms with Crippen LogP contribution in [0.3, 0.4) is 0 Å². The molecule has 4 heteroatoms. The van der Waals surface area contributed by atoms with Gasteiger partial charge in [-0.15, -0.1) is 0 Å². The van der Waals surface area contributed by atoms with Crippen molar-refractivity contribution in [1.82, 2.24) is 4.90 Å². The molecule has 1 N–H and O–H groups in total. The molecule has 28 heavy (non-hydrogen) atoms. The van der Waals surface area contributed by atoms with Crippen LogP contribution in [-0.4, -0.2) is 49.7 Å². The second-order valence-electron chi connectivity index (χ2n) is 9.58. The van der Waals surface area contributed by atoms with Crippen molar-refractivity contribution in [2.75, 3.05) is 19.7 Å². The fraction of sp³-hybridized carbons (Fsp3) is 0.500. The van der Waals surface area contributed by atoms with Crippen LogP contribution in [0.4, 0.5) is 0 Å². The summed E-state index contributed by atoms with van der Waals surface area (Å²) in [6.45, 7) is 9.56. The molecule has 0 amide bonds.